The molecule has 1 spiro atoms. The van der Waals surface area contributed by atoms with Crippen molar-refractivity contribution in [3.63, 3.8) is 0 Å². The lowest BCUT2D eigenvalue weighted by Gasteiger charge is -2.46. The van der Waals surface area contributed by atoms with Crippen molar-refractivity contribution in [2.45, 2.75) is 37.3 Å². The van der Waals surface area contributed by atoms with Gasteiger partial charge >= 0.3 is 0 Å². The fourth-order valence-corrected chi connectivity index (χ4v) is 4.81. The Morgan fingerprint density at radius 3 is 2.81 bits per heavy atom. The van der Waals surface area contributed by atoms with Crippen LogP contribution in [0.2, 0.25) is 5.02 Å². The maximum absolute atomic E-state index is 6.37. The molecule has 3 heterocycles. The fourth-order valence-electron chi connectivity index (χ4n) is 4.64. The van der Waals surface area contributed by atoms with Crippen LogP contribution in [0.5, 0.6) is 5.75 Å². The van der Waals surface area contributed by atoms with Gasteiger partial charge in [-0.15, -0.1) is 0 Å². The lowest BCUT2D eigenvalue weighted by molar-refractivity contribution is 0.00745. The molecule has 2 aliphatic heterocycles. The molecule has 0 amide bonds. The number of ether oxygens (including phenoxy) is 2. The first-order valence-corrected chi connectivity index (χ1v) is 9.44. The van der Waals surface area contributed by atoms with Crippen LogP contribution in [0.25, 0.3) is 11.1 Å². The van der Waals surface area contributed by atoms with Crippen molar-refractivity contribution >= 4 is 17.6 Å². The van der Waals surface area contributed by atoms with Crippen molar-refractivity contribution in [1.29, 1.82) is 0 Å². The summed E-state index contributed by atoms with van der Waals surface area (Å²) in [6, 6.07) is 8.41. The van der Waals surface area contributed by atoms with Gasteiger partial charge in [-0.1, -0.05) is 24.1 Å². The molecule has 2 N–H and O–H groups in total. The first kappa shape index (κ1) is 15.9. The van der Waals surface area contributed by atoms with Crippen molar-refractivity contribution in [3.8, 4) is 16.9 Å². The van der Waals surface area contributed by atoms with Gasteiger partial charge < -0.3 is 15.2 Å². The second kappa shape index (κ2) is 5.88. The summed E-state index contributed by atoms with van der Waals surface area (Å²) in [7, 11) is 0. The van der Waals surface area contributed by atoms with E-state index in [9.17, 15) is 0 Å². The number of fused-ring (bicyclic) bond motifs is 4. The molecule has 5 nitrogen and oxygen atoms in total. The van der Waals surface area contributed by atoms with Gasteiger partial charge in [-0.25, -0.2) is 4.99 Å². The van der Waals surface area contributed by atoms with Crippen LogP contribution in [0.15, 0.2) is 41.7 Å². The molecule has 134 valence electrons. The Bertz CT molecular complexity index is 900. The normalized spacial score (nSPS) is 29.3. The van der Waals surface area contributed by atoms with Crippen molar-refractivity contribution in [2.75, 3.05) is 6.61 Å². The molecule has 3 aliphatic rings. The number of hydrogen-bond acceptors (Lipinski definition) is 5. The van der Waals surface area contributed by atoms with Crippen molar-refractivity contribution in [1.82, 2.24) is 4.98 Å². The van der Waals surface area contributed by atoms with Gasteiger partial charge in [0.2, 0.25) is 0 Å². The molecule has 0 saturated heterocycles. The minimum Gasteiger partial charge on any atom is -0.490 e. The summed E-state index contributed by atoms with van der Waals surface area (Å²) in [6.45, 7) is 0.480. The number of nitrogens with zero attached hydrogens (tertiary/aromatic N) is 2. The SMILES string of the molecule is NC1=NC2(CO1)c1cc(-c3cncc(Cl)c3)ccc1O[C@@H]1CCCCC12. The molecule has 3 atom stereocenters. The second-order valence-electron chi connectivity index (χ2n) is 7.31. The van der Waals surface area contributed by atoms with Gasteiger partial charge in [0.1, 0.15) is 24.0 Å². The lowest BCUT2D eigenvalue weighted by atomic mass is 9.68. The molecule has 5 rings (SSSR count). The largest absolute Gasteiger partial charge is 0.490 e. The topological polar surface area (TPSA) is 69.7 Å². The van der Waals surface area contributed by atoms with Crippen molar-refractivity contribution in [2.24, 2.45) is 16.6 Å². The summed E-state index contributed by atoms with van der Waals surface area (Å²) in [5, 5.41) is 0.616. The van der Waals surface area contributed by atoms with Gasteiger partial charge in [0.25, 0.3) is 6.02 Å². The zero-order chi connectivity index (χ0) is 17.7. The molecule has 6 heteroatoms. The maximum atomic E-state index is 6.37. The molecule has 2 unspecified atom stereocenters. The highest BCUT2D eigenvalue weighted by atomic mass is 35.5. The first-order chi connectivity index (χ1) is 12.7. The quantitative estimate of drug-likeness (QED) is 0.827. The van der Waals surface area contributed by atoms with E-state index in [1.807, 2.05) is 24.4 Å². The van der Waals surface area contributed by atoms with Crippen molar-refractivity contribution in [3.05, 3.63) is 47.2 Å². The van der Waals surface area contributed by atoms with Crippen LogP contribution in [0.1, 0.15) is 31.2 Å². The number of halogens is 1. The first-order valence-electron chi connectivity index (χ1n) is 9.06. The van der Waals surface area contributed by atoms with Crippen molar-refractivity contribution < 1.29 is 9.47 Å². The maximum Gasteiger partial charge on any atom is 0.283 e. The van der Waals surface area contributed by atoms with E-state index >= 15 is 0 Å². The number of amidine groups is 1. The minimum absolute atomic E-state index is 0.174. The van der Waals surface area contributed by atoms with E-state index in [4.69, 9.17) is 31.8 Å². The zero-order valence-corrected chi connectivity index (χ0v) is 15.1. The van der Waals surface area contributed by atoms with Gasteiger partial charge in [-0.2, -0.15) is 0 Å². The Kier molecular flexibility index (Phi) is 3.60. The summed E-state index contributed by atoms with van der Waals surface area (Å²) in [5.41, 5.74) is 8.56. The Labute approximate surface area is 157 Å². The highest BCUT2D eigenvalue weighted by molar-refractivity contribution is 6.30. The summed E-state index contributed by atoms with van der Waals surface area (Å²) in [4.78, 5) is 9.01. The molecule has 0 radical (unpaired) electrons. The molecule has 1 aliphatic carbocycles. The molecular formula is C20H20ClN3O2. The van der Waals surface area contributed by atoms with Crippen LogP contribution in [0, 0.1) is 5.92 Å². The van der Waals surface area contributed by atoms with Gasteiger partial charge in [0.05, 0.1) is 5.02 Å². The van der Waals surface area contributed by atoms with Crippen LogP contribution in [0.3, 0.4) is 0 Å². The summed E-state index contributed by atoms with van der Waals surface area (Å²) in [5.74, 6) is 1.17. The predicted octanol–water partition coefficient (Wildman–Crippen LogP) is 3.89. The Hall–Kier alpha value is -2.27. The number of aromatic nitrogens is 1. The van der Waals surface area contributed by atoms with E-state index in [-0.39, 0.29) is 18.0 Å². The lowest BCUT2D eigenvalue weighted by Crippen LogP contribution is -2.49. The second-order valence-corrected chi connectivity index (χ2v) is 7.75. The molecule has 2 aromatic rings. The third kappa shape index (κ3) is 2.37. The number of nitrogens with two attached hydrogens (primary N) is 1. The average molecular weight is 370 g/mol. The van der Waals surface area contributed by atoms with Crippen LogP contribution in [-0.4, -0.2) is 23.7 Å². The summed E-state index contributed by atoms with van der Waals surface area (Å²) in [6.07, 6.45) is 8.14. The van der Waals surface area contributed by atoms with Gasteiger partial charge in [0, 0.05) is 29.4 Å². The third-order valence-electron chi connectivity index (χ3n) is 5.83. The van der Waals surface area contributed by atoms with E-state index in [1.165, 1.54) is 12.8 Å². The summed E-state index contributed by atoms with van der Waals surface area (Å²) >= 11 is 6.12. The monoisotopic (exact) mass is 369 g/mol. The Morgan fingerprint density at radius 1 is 1.12 bits per heavy atom. The van der Waals surface area contributed by atoms with E-state index in [0.717, 1.165) is 35.3 Å². The van der Waals surface area contributed by atoms with E-state index in [2.05, 4.69) is 11.1 Å². The molecular weight excluding hydrogens is 350 g/mol. The average Bonchev–Trinajstić information content (AvgIpc) is 3.04. The molecule has 1 fully saturated rings. The van der Waals surface area contributed by atoms with E-state index in [1.54, 1.807) is 6.20 Å². The smallest absolute Gasteiger partial charge is 0.283 e. The number of hydrogen-bond donors (Lipinski definition) is 1. The van der Waals surface area contributed by atoms with Crippen LogP contribution in [-0.2, 0) is 10.3 Å². The van der Waals surface area contributed by atoms with Crippen LogP contribution < -0.4 is 10.5 Å². The Balaban J connectivity index is 1.67. The van der Waals surface area contributed by atoms with Gasteiger partial charge in [0.15, 0.2) is 0 Å². The number of aliphatic imine (C=N–C) groups is 1. The number of pyridine rings is 1. The summed E-state index contributed by atoms with van der Waals surface area (Å²) < 4.78 is 12.0. The van der Waals surface area contributed by atoms with E-state index in [0.29, 0.717) is 11.6 Å². The van der Waals surface area contributed by atoms with Gasteiger partial charge in [-0.3, -0.25) is 4.98 Å². The Morgan fingerprint density at radius 2 is 2.00 bits per heavy atom. The van der Waals surface area contributed by atoms with Gasteiger partial charge in [-0.05, 0) is 43.0 Å². The number of benzene rings is 1. The highest BCUT2D eigenvalue weighted by Crippen LogP contribution is 2.52. The molecule has 1 aromatic carbocycles. The minimum atomic E-state index is -0.454. The van der Waals surface area contributed by atoms with Crippen LogP contribution in [0.4, 0.5) is 0 Å². The molecule has 1 saturated carbocycles. The molecule has 26 heavy (non-hydrogen) atoms. The standard InChI is InChI=1S/C20H20ClN3O2/c21-14-7-13(9-23-10-14)12-5-6-18-16(8-12)20(11-25-19(22)24-20)15-3-1-2-4-17(15)26-18/h5-10,15,17H,1-4,11H2,(H2,22,24)/t15?,17-,20?/m1/s1. The predicted molar refractivity (Wildman–Crippen MR) is 100 cm³/mol. The highest BCUT2D eigenvalue weighted by Gasteiger charge is 2.54. The fraction of sp³-hybridized carbons (Fsp3) is 0.400. The number of rotatable bonds is 1. The van der Waals surface area contributed by atoms with Crippen LogP contribution >= 0.6 is 11.6 Å². The van der Waals surface area contributed by atoms with E-state index < -0.39 is 5.54 Å². The zero-order valence-electron chi connectivity index (χ0n) is 14.3. The third-order valence-corrected chi connectivity index (χ3v) is 6.03. The molecule has 1 aromatic heterocycles. The molecule has 0 bridgehead atoms.